The standard InChI is InChI=1S/C11H12N2O2S/c1-2-14-9-6-4-3-5-8(9)7-10-12-11(16)15-13-10/h3-6H,2,7H2,1H3,(H,12,13,16). The molecule has 0 bridgehead atoms. The number of hydrogen-bond acceptors (Lipinski definition) is 4. The monoisotopic (exact) mass is 236 g/mol. The number of hydrogen-bond donors (Lipinski definition) is 1. The highest BCUT2D eigenvalue weighted by molar-refractivity contribution is 7.71. The number of H-pyrrole nitrogens is 1. The molecular formula is C11H12N2O2S. The highest BCUT2D eigenvalue weighted by Crippen LogP contribution is 2.20. The van der Waals surface area contributed by atoms with Crippen molar-refractivity contribution in [1.82, 2.24) is 10.1 Å². The normalized spacial score (nSPS) is 10.3. The first-order valence-electron chi connectivity index (χ1n) is 5.04. The van der Waals surface area contributed by atoms with E-state index in [9.17, 15) is 0 Å². The Labute approximate surface area is 98.2 Å². The lowest BCUT2D eigenvalue weighted by Gasteiger charge is -2.07. The fraction of sp³-hybridized carbons (Fsp3) is 0.273. The molecule has 1 aromatic carbocycles. The largest absolute Gasteiger partial charge is 0.494 e. The van der Waals surface area contributed by atoms with E-state index in [2.05, 4.69) is 10.1 Å². The van der Waals surface area contributed by atoms with Crippen LogP contribution in [0.1, 0.15) is 18.3 Å². The van der Waals surface area contributed by atoms with Gasteiger partial charge in [-0.05, 0) is 25.2 Å². The number of rotatable bonds is 4. The maximum atomic E-state index is 5.52. The summed E-state index contributed by atoms with van der Waals surface area (Å²) < 4.78 is 10.4. The van der Waals surface area contributed by atoms with Crippen LogP contribution in [0.4, 0.5) is 0 Å². The van der Waals surface area contributed by atoms with E-state index in [1.807, 2.05) is 31.2 Å². The van der Waals surface area contributed by atoms with E-state index in [1.165, 1.54) is 0 Å². The van der Waals surface area contributed by atoms with Crippen LogP contribution in [-0.4, -0.2) is 16.7 Å². The maximum absolute atomic E-state index is 5.52. The fourth-order valence-corrected chi connectivity index (χ4v) is 1.61. The Morgan fingerprint density at radius 3 is 2.94 bits per heavy atom. The zero-order valence-electron chi connectivity index (χ0n) is 8.90. The predicted octanol–water partition coefficient (Wildman–Crippen LogP) is 2.72. The molecule has 0 aliphatic heterocycles. The molecular weight excluding hydrogens is 224 g/mol. The average Bonchev–Trinajstić information content (AvgIpc) is 2.67. The first-order valence-corrected chi connectivity index (χ1v) is 5.45. The smallest absolute Gasteiger partial charge is 0.314 e. The molecule has 0 atom stereocenters. The Hall–Kier alpha value is -1.62. The topological polar surface area (TPSA) is 51.1 Å². The summed E-state index contributed by atoms with van der Waals surface area (Å²) in [5.74, 6) is 1.57. The molecule has 2 rings (SSSR count). The number of ether oxygens (including phenoxy) is 1. The summed E-state index contributed by atoms with van der Waals surface area (Å²) in [5, 5.41) is 2.68. The molecule has 0 fully saturated rings. The van der Waals surface area contributed by atoms with Crippen LogP contribution in [0.5, 0.6) is 5.75 Å². The van der Waals surface area contributed by atoms with Crippen LogP contribution >= 0.6 is 12.2 Å². The minimum Gasteiger partial charge on any atom is -0.494 e. The zero-order chi connectivity index (χ0) is 11.4. The minimum atomic E-state index is 0.226. The third-order valence-corrected chi connectivity index (χ3v) is 2.29. The molecule has 4 nitrogen and oxygen atoms in total. The fourth-order valence-electron chi connectivity index (χ4n) is 1.46. The van der Waals surface area contributed by atoms with Crippen LogP contribution in [0.15, 0.2) is 28.8 Å². The second-order valence-electron chi connectivity index (χ2n) is 3.25. The lowest BCUT2D eigenvalue weighted by atomic mass is 10.1. The molecule has 1 heterocycles. The van der Waals surface area contributed by atoms with Crippen LogP contribution in [0.3, 0.4) is 0 Å². The van der Waals surface area contributed by atoms with Gasteiger partial charge in [-0.1, -0.05) is 18.2 Å². The number of benzene rings is 1. The minimum absolute atomic E-state index is 0.226. The quantitative estimate of drug-likeness (QED) is 0.829. The van der Waals surface area contributed by atoms with Gasteiger partial charge >= 0.3 is 4.84 Å². The molecule has 0 aliphatic carbocycles. The first-order chi connectivity index (χ1) is 7.79. The van der Waals surface area contributed by atoms with Gasteiger partial charge in [0.1, 0.15) is 11.6 Å². The van der Waals surface area contributed by atoms with E-state index in [4.69, 9.17) is 21.5 Å². The Morgan fingerprint density at radius 1 is 1.44 bits per heavy atom. The van der Waals surface area contributed by atoms with Gasteiger partial charge in [0.2, 0.25) is 0 Å². The Bertz CT molecular complexity index is 518. The van der Waals surface area contributed by atoms with Gasteiger partial charge < -0.3 is 9.26 Å². The summed E-state index contributed by atoms with van der Waals surface area (Å²) in [6, 6.07) is 7.84. The Kier molecular flexibility index (Phi) is 3.36. The molecule has 2 aromatic rings. The summed E-state index contributed by atoms with van der Waals surface area (Å²) in [7, 11) is 0. The van der Waals surface area contributed by atoms with E-state index in [1.54, 1.807) is 0 Å². The highest BCUT2D eigenvalue weighted by Gasteiger charge is 2.06. The summed E-state index contributed by atoms with van der Waals surface area (Å²) >= 11 is 4.79. The molecule has 0 saturated carbocycles. The van der Waals surface area contributed by atoms with Gasteiger partial charge in [0.25, 0.3) is 0 Å². The van der Waals surface area contributed by atoms with Crippen molar-refractivity contribution in [3.8, 4) is 5.75 Å². The lowest BCUT2D eigenvalue weighted by molar-refractivity contribution is 0.336. The number of nitrogens with zero attached hydrogens (tertiary/aromatic N) is 1. The molecule has 0 aliphatic rings. The van der Waals surface area contributed by atoms with Crippen molar-refractivity contribution >= 4 is 12.2 Å². The van der Waals surface area contributed by atoms with Gasteiger partial charge in [0.05, 0.1) is 6.61 Å². The zero-order valence-corrected chi connectivity index (χ0v) is 9.71. The summed E-state index contributed by atoms with van der Waals surface area (Å²) in [6.45, 7) is 2.60. The van der Waals surface area contributed by atoms with Crippen molar-refractivity contribution in [2.24, 2.45) is 0 Å². The molecule has 0 spiro atoms. The van der Waals surface area contributed by atoms with E-state index >= 15 is 0 Å². The van der Waals surface area contributed by atoms with Crippen LogP contribution in [0.25, 0.3) is 0 Å². The average molecular weight is 236 g/mol. The SMILES string of the molecule is CCOc1ccccc1Cc1nc(=S)o[nH]1. The number of para-hydroxylation sites is 1. The van der Waals surface area contributed by atoms with Crippen molar-refractivity contribution in [3.05, 3.63) is 40.5 Å². The lowest BCUT2D eigenvalue weighted by Crippen LogP contribution is -1.98. The molecule has 0 radical (unpaired) electrons. The number of aromatic nitrogens is 2. The molecule has 1 N–H and O–H groups in total. The van der Waals surface area contributed by atoms with Gasteiger partial charge in [0, 0.05) is 12.0 Å². The molecule has 16 heavy (non-hydrogen) atoms. The summed E-state index contributed by atoms with van der Waals surface area (Å²) in [6.07, 6.45) is 0.621. The van der Waals surface area contributed by atoms with E-state index in [-0.39, 0.29) is 4.84 Å². The number of nitrogens with one attached hydrogen (secondary N) is 1. The van der Waals surface area contributed by atoms with Gasteiger partial charge in [-0.2, -0.15) is 4.98 Å². The molecule has 84 valence electrons. The second kappa shape index (κ2) is 4.94. The van der Waals surface area contributed by atoms with Crippen molar-refractivity contribution in [2.75, 3.05) is 6.61 Å². The highest BCUT2D eigenvalue weighted by atomic mass is 32.1. The second-order valence-corrected chi connectivity index (χ2v) is 3.60. The van der Waals surface area contributed by atoms with Gasteiger partial charge in [-0.25, -0.2) is 5.16 Å². The molecule has 0 amide bonds. The van der Waals surface area contributed by atoms with Crippen LogP contribution in [-0.2, 0) is 6.42 Å². The summed E-state index contributed by atoms with van der Waals surface area (Å²) in [4.78, 5) is 4.27. The first kappa shape index (κ1) is 10.9. The van der Waals surface area contributed by atoms with E-state index in [0.717, 1.165) is 11.3 Å². The molecule has 5 heteroatoms. The Morgan fingerprint density at radius 2 is 2.25 bits per heavy atom. The van der Waals surface area contributed by atoms with E-state index in [0.29, 0.717) is 18.9 Å². The predicted molar refractivity (Wildman–Crippen MR) is 62.1 cm³/mol. The Balaban J connectivity index is 2.23. The van der Waals surface area contributed by atoms with E-state index < -0.39 is 0 Å². The van der Waals surface area contributed by atoms with Gasteiger partial charge in [-0.3, -0.25) is 0 Å². The van der Waals surface area contributed by atoms with Gasteiger partial charge in [0.15, 0.2) is 0 Å². The van der Waals surface area contributed by atoms with Crippen molar-refractivity contribution in [2.45, 2.75) is 13.3 Å². The maximum Gasteiger partial charge on any atom is 0.314 e. The van der Waals surface area contributed by atoms with Crippen molar-refractivity contribution in [1.29, 1.82) is 0 Å². The van der Waals surface area contributed by atoms with Crippen molar-refractivity contribution < 1.29 is 9.26 Å². The molecule has 0 saturated heterocycles. The van der Waals surface area contributed by atoms with Crippen LogP contribution in [0, 0.1) is 4.84 Å². The van der Waals surface area contributed by atoms with Crippen molar-refractivity contribution in [3.63, 3.8) is 0 Å². The van der Waals surface area contributed by atoms with Gasteiger partial charge in [-0.15, -0.1) is 0 Å². The third-order valence-electron chi connectivity index (χ3n) is 2.11. The number of aromatic amines is 1. The summed E-state index contributed by atoms with van der Waals surface area (Å²) in [5.41, 5.74) is 1.06. The molecule has 1 aromatic heterocycles. The van der Waals surface area contributed by atoms with Crippen LogP contribution in [0.2, 0.25) is 0 Å². The van der Waals surface area contributed by atoms with Crippen LogP contribution < -0.4 is 4.74 Å². The third kappa shape index (κ3) is 2.49. The molecule has 0 unspecified atom stereocenters.